The van der Waals surface area contributed by atoms with E-state index < -0.39 is 0 Å². The number of aromatic nitrogens is 2. The van der Waals surface area contributed by atoms with Gasteiger partial charge in [-0.2, -0.15) is 0 Å². The number of likely N-dealkylation sites (tertiary alicyclic amines) is 1. The molecular weight excluding hydrogens is 330 g/mol. The van der Waals surface area contributed by atoms with Crippen LogP contribution in [0.25, 0.3) is 0 Å². The molecular formula is C20H27N3O3. The minimum absolute atomic E-state index is 0.117. The van der Waals surface area contributed by atoms with E-state index in [0.29, 0.717) is 24.3 Å². The average Bonchev–Trinajstić information content (AvgIpc) is 3.14. The number of carbonyl (C=O) groups excluding carboxylic acids is 1. The maximum absolute atomic E-state index is 12.5. The fourth-order valence-electron chi connectivity index (χ4n) is 4.32. The molecule has 0 saturated carbocycles. The van der Waals surface area contributed by atoms with Gasteiger partial charge in [0, 0.05) is 18.7 Å². The Morgan fingerprint density at radius 3 is 2.92 bits per heavy atom. The summed E-state index contributed by atoms with van der Waals surface area (Å²) in [6.07, 6.45) is 12.5. The van der Waals surface area contributed by atoms with Crippen LogP contribution in [-0.2, 0) is 9.53 Å². The molecule has 26 heavy (non-hydrogen) atoms. The third kappa shape index (κ3) is 3.75. The summed E-state index contributed by atoms with van der Waals surface area (Å²) in [5.74, 6) is 1.63. The van der Waals surface area contributed by atoms with Gasteiger partial charge in [-0.25, -0.2) is 4.98 Å². The Bertz CT molecular complexity index is 677. The van der Waals surface area contributed by atoms with E-state index in [1.54, 1.807) is 12.4 Å². The second-order valence-corrected chi connectivity index (χ2v) is 7.86. The number of allylic oxidation sites excluding steroid dienone is 2. The van der Waals surface area contributed by atoms with Crippen molar-refractivity contribution in [1.29, 1.82) is 0 Å². The summed E-state index contributed by atoms with van der Waals surface area (Å²) in [6, 6.07) is 0. The number of rotatable bonds is 5. The van der Waals surface area contributed by atoms with Crippen molar-refractivity contribution in [3.05, 3.63) is 30.2 Å². The Hall–Kier alpha value is -1.95. The predicted molar refractivity (Wildman–Crippen MR) is 96.7 cm³/mol. The third-order valence-corrected chi connectivity index (χ3v) is 5.73. The first-order valence-electron chi connectivity index (χ1n) is 9.63. The van der Waals surface area contributed by atoms with E-state index in [-0.39, 0.29) is 11.5 Å². The number of aryl methyl sites for hydroxylation is 1. The molecule has 2 fully saturated rings. The van der Waals surface area contributed by atoms with Crippen molar-refractivity contribution < 1.29 is 14.3 Å². The van der Waals surface area contributed by atoms with Crippen LogP contribution in [0.3, 0.4) is 0 Å². The maximum Gasteiger partial charge on any atom is 0.232 e. The van der Waals surface area contributed by atoms with Crippen LogP contribution < -0.4 is 4.74 Å². The molecule has 1 aromatic heterocycles. The van der Waals surface area contributed by atoms with Crippen molar-refractivity contribution in [2.75, 3.05) is 26.3 Å². The lowest BCUT2D eigenvalue weighted by Crippen LogP contribution is -2.67. The number of ether oxygens (including phenoxy) is 2. The number of hydrogen-bond acceptors (Lipinski definition) is 5. The van der Waals surface area contributed by atoms with Gasteiger partial charge in [0.05, 0.1) is 31.6 Å². The van der Waals surface area contributed by atoms with Crippen LogP contribution in [0, 0.1) is 18.8 Å². The molecule has 4 rings (SSSR count). The molecule has 1 aromatic rings. The smallest absolute Gasteiger partial charge is 0.232 e. The minimum Gasteiger partial charge on any atom is -0.477 e. The van der Waals surface area contributed by atoms with Gasteiger partial charge in [0.2, 0.25) is 11.8 Å². The monoisotopic (exact) mass is 357 g/mol. The maximum atomic E-state index is 12.5. The molecule has 1 aliphatic carbocycles. The zero-order valence-corrected chi connectivity index (χ0v) is 15.4. The molecule has 2 saturated heterocycles. The summed E-state index contributed by atoms with van der Waals surface area (Å²) in [4.78, 5) is 22.9. The van der Waals surface area contributed by atoms with E-state index >= 15 is 0 Å². The van der Waals surface area contributed by atoms with Crippen LogP contribution in [-0.4, -0.2) is 52.7 Å². The lowest BCUT2D eigenvalue weighted by Gasteiger charge is -2.53. The molecule has 0 bridgehead atoms. The van der Waals surface area contributed by atoms with E-state index in [4.69, 9.17) is 9.47 Å². The van der Waals surface area contributed by atoms with Crippen LogP contribution in [0.2, 0.25) is 0 Å². The molecule has 0 N–H and O–H groups in total. The minimum atomic E-state index is -0.117. The van der Waals surface area contributed by atoms with Gasteiger partial charge in [-0.15, -0.1) is 0 Å². The van der Waals surface area contributed by atoms with Crippen LogP contribution in [0.15, 0.2) is 24.5 Å². The van der Waals surface area contributed by atoms with Crippen molar-refractivity contribution in [2.24, 2.45) is 11.8 Å². The molecule has 1 atom stereocenters. The number of nitrogens with zero attached hydrogens (tertiary/aromatic N) is 3. The lowest BCUT2D eigenvalue weighted by molar-refractivity contribution is -0.191. The highest BCUT2D eigenvalue weighted by Gasteiger charge is 2.49. The zero-order chi connectivity index (χ0) is 18.0. The lowest BCUT2D eigenvalue weighted by atomic mass is 9.79. The van der Waals surface area contributed by atoms with Crippen molar-refractivity contribution in [2.45, 2.75) is 44.6 Å². The highest BCUT2D eigenvalue weighted by atomic mass is 16.5. The van der Waals surface area contributed by atoms with Gasteiger partial charge in [-0.05, 0) is 44.9 Å². The molecule has 3 heterocycles. The van der Waals surface area contributed by atoms with Crippen molar-refractivity contribution in [3.63, 3.8) is 0 Å². The SMILES string of the molecule is Cc1cncc(OCC[C@@H]2CCOC3(C2)CN(C(=O)C2CC=CC2)C3)n1. The summed E-state index contributed by atoms with van der Waals surface area (Å²) < 4.78 is 11.8. The molecule has 140 valence electrons. The van der Waals surface area contributed by atoms with E-state index in [9.17, 15) is 4.79 Å². The quantitative estimate of drug-likeness (QED) is 0.758. The molecule has 0 aromatic carbocycles. The van der Waals surface area contributed by atoms with Crippen molar-refractivity contribution in [3.8, 4) is 5.88 Å². The highest BCUT2D eigenvalue weighted by molar-refractivity contribution is 5.80. The first kappa shape index (κ1) is 17.5. The summed E-state index contributed by atoms with van der Waals surface area (Å²) in [6.45, 7) is 4.84. The first-order valence-corrected chi connectivity index (χ1v) is 9.63. The van der Waals surface area contributed by atoms with E-state index in [1.807, 2.05) is 11.8 Å². The normalized spacial score (nSPS) is 24.7. The molecule has 0 radical (unpaired) electrons. The summed E-state index contributed by atoms with van der Waals surface area (Å²) in [5.41, 5.74) is 0.748. The Labute approximate surface area is 154 Å². The Balaban J connectivity index is 1.23. The molecule has 3 aliphatic rings. The number of hydrogen-bond donors (Lipinski definition) is 0. The largest absolute Gasteiger partial charge is 0.477 e. The van der Waals surface area contributed by atoms with Gasteiger partial charge in [-0.1, -0.05) is 12.2 Å². The topological polar surface area (TPSA) is 64.6 Å². The second-order valence-electron chi connectivity index (χ2n) is 7.86. The summed E-state index contributed by atoms with van der Waals surface area (Å²) >= 11 is 0. The van der Waals surface area contributed by atoms with Crippen molar-refractivity contribution >= 4 is 5.91 Å². The molecule has 2 aliphatic heterocycles. The molecule has 6 nitrogen and oxygen atoms in total. The standard InChI is InChI=1S/C20H27N3O3/c1-15-11-21-12-18(22-15)25-8-6-16-7-9-26-20(10-16)13-23(14-20)19(24)17-4-2-3-5-17/h2-3,11-12,16-17H,4-10,13-14H2,1H3/t16-/m1/s1. The van der Waals surface area contributed by atoms with Crippen LogP contribution in [0.5, 0.6) is 5.88 Å². The van der Waals surface area contributed by atoms with E-state index in [1.165, 1.54) is 0 Å². The molecule has 1 spiro atoms. The van der Waals surface area contributed by atoms with Crippen LogP contribution in [0.4, 0.5) is 0 Å². The Kier molecular flexibility index (Phi) is 4.94. The van der Waals surface area contributed by atoms with Crippen LogP contribution in [0.1, 0.15) is 37.8 Å². The molecule has 1 amide bonds. The Morgan fingerprint density at radius 1 is 1.35 bits per heavy atom. The number of amides is 1. The van der Waals surface area contributed by atoms with Crippen LogP contribution >= 0.6 is 0 Å². The van der Waals surface area contributed by atoms with Gasteiger partial charge in [0.25, 0.3) is 0 Å². The van der Waals surface area contributed by atoms with Gasteiger partial charge in [-0.3, -0.25) is 9.78 Å². The van der Waals surface area contributed by atoms with Gasteiger partial charge in [0.15, 0.2) is 0 Å². The van der Waals surface area contributed by atoms with Gasteiger partial charge in [0.1, 0.15) is 5.60 Å². The van der Waals surface area contributed by atoms with Gasteiger partial charge >= 0.3 is 0 Å². The average molecular weight is 357 g/mol. The summed E-state index contributed by atoms with van der Waals surface area (Å²) in [7, 11) is 0. The predicted octanol–water partition coefficient (Wildman–Crippen LogP) is 2.53. The second kappa shape index (κ2) is 7.35. The third-order valence-electron chi connectivity index (χ3n) is 5.73. The van der Waals surface area contributed by atoms with Gasteiger partial charge < -0.3 is 14.4 Å². The zero-order valence-electron chi connectivity index (χ0n) is 15.4. The highest BCUT2D eigenvalue weighted by Crippen LogP contribution is 2.39. The van der Waals surface area contributed by atoms with E-state index in [2.05, 4.69) is 22.1 Å². The molecule has 0 unspecified atom stereocenters. The molecule has 6 heteroatoms. The fourth-order valence-corrected chi connectivity index (χ4v) is 4.32. The van der Waals surface area contributed by atoms with Crippen molar-refractivity contribution in [1.82, 2.24) is 14.9 Å². The van der Waals surface area contributed by atoms with E-state index in [0.717, 1.165) is 57.5 Å². The summed E-state index contributed by atoms with van der Waals surface area (Å²) in [5, 5.41) is 0. The first-order chi connectivity index (χ1) is 12.6. The number of carbonyl (C=O) groups is 1. The Morgan fingerprint density at radius 2 is 2.15 bits per heavy atom. The fraction of sp³-hybridized carbons (Fsp3) is 0.650.